The largest absolute Gasteiger partial charge is 0.376 e. The van der Waals surface area contributed by atoms with Gasteiger partial charge in [-0.3, -0.25) is 0 Å². The lowest BCUT2D eigenvalue weighted by molar-refractivity contribution is -0.491. The van der Waals surface area contributed by atoms with Crippen molar-refractivity contribution >= 4 is 0 Å². The molecule has 60 heavy (non-hydrogen) atoms. The van der Waals surface area contributed by atoms with E-state index in [0.29, 0.717) is 19.4 Å². The van der Waals surface area contributed by atoms with E-state index in [4.69, 9.17) is 56.8 Å². The van der Waals surface area contributed by atoms with Crippen molar-refractivity contribution in [3.63, 3.8) is 0 Å². The fourth-order valence-electron chi connectivity index (χ4n) is 9.48. The Labute approximate surface area is 351 Å². The predicted octanol–water partition coefficient (Wildman–Crippen LogP) is 6.76. The highest BCUT2D eigenvalue weighted by atomic mass is 16.8. The second-order valence-electron chi connectivity index (χ2n) is 16.4. The van der Waals surface area contributed by atoms with Crippen molar-refractivity contribution in [3.8, 4) is 0 Å². The van der Waals surface area contributed by atoms with Gasteiger partial charge >= 0.3 is 0 Å². The zero-order valence-corrected chi connectivity index (χ0v) is 34.9. The maximum atomic E-state index is 10.2. The van der Waals surface area contributed by atoms with Crippen LogP contribution >= 0.6 is 0 Å². The van der Waals surface area contributed by atoms with Crippen molar-refractivity contribution < 1.29 is 56.8 Å². The Balaban J connectivity index is 1.17. The molecule has 3 aromatic carbocycles. The topological polar surface area (TPSA) is 160 Å². The van der Waals surface area contributed by atoms with Crippen LogP contribution in [0.2, 0.25) is 0 Å². The van der Waals surface area contributed by atoms with Crippen molar-refractivity contribution in [3.05, 3.63) is 118 Å². The van der Waals surface area contributed by atoms with E-state index < -0.39 is 84.6 Å². The molecule has 3 aliphatic heterocycles. The first-order valence-electron chi connectivity index (χ1n) is 20.8. The minimum atomic E-state index is -1.27. The first-order valence-corrected chi connectivity index (χ1v) is 20.8. The SMILES string of the molecule is CO[C@@H]1[C@H]2OC(C)(C)O[C@H]2[C@H](O[C@@H]2O[C@H](COCc3ccccc3)[C@@H](OCc3ccccc3)[C@H](OCc3ccccc3)[C@H]2N=[N+]=[N-])[C@@H]2O[C@]3(OC)CCCC[C@@]3(OC)O[C@@H]12. The van der Waals surface area contributed by atoms with Crippen LogP contribution in [0.5, 0.6) is 0 Å². The van der Waals surface area contributed by atoms with Crippen molar-refractivity contribution in [2.24, 2.45) is 5.11 Å². The van der Waals surface area contributed by atoms with Gasteiger partial charge in [-0.1, -0.05) is 96.1 Å². The maximum Gasteiger partial charge on any atom is 0.223 e. The van der Waals surface area contributed by atoms with Gasteiger partial charge in [-0.25, -0.2) is 0 Å². The Bertz CT molecular complexity index is 1870. The molecule has 0 amide bonds. The number of ether oxygens (including phenoxy) is 12. The fraction of sp³-hybridized carbons (Fsp3) is 0.600. The minimum Gasteiger partial charge on any atom is -0.376 e. The molecule has 5 fully saturated rings. The molecule has 2 aliphatic carbocycles. The molecule has 0 radical (unpaired) electrons. The Hall–Kier alpha value is -3.51. The second kappa shape index (κ2) is 18.9. The molecule has 0 N–H and O–H groups in total. The number of methoxy groups -OCH3 is 3. The molecule has 3 saturated heterocycles. The molecule has 0 unspecified atom stereocenters. The zero-order valence-electron chi connectivity index (χ0n) is 34.9. The van der Waals surface area contributed by atoms with Crippen molar-refractivity contribution in [2.45, 2.75) is 144 Å². The third-order valence-corrected chi connectivity index (χ3v) is 12.3. The molecule has 324 valence electrons. The van der Waals surface area contributed by atoms with E-state index in [1.54, 1.807) is 21.3 Å². The van der Waals surface area contributed by atoms with Gasteiger partial charge in [0.05, 0.1) is 26.4 Å². The lowest BCUT2D eigenvalue weighted by Gasteiger charge is -2.61. The molecule has 5 aliphatic rings. The van der Waals surface area contributed by atoms with Crippen LogP contribution in [0.3, 0.4) is 0 Å². The minimum absolute atomic E-state index is 0.103. The monoisotopic (exact) mass is 831 g/mol. The molecular formula is C45H57N3O12. The molecular weight excluding hydrogens is 775 g/mol. The fourth-order valence-corrected chi connectivity index (χ4v) is 9.48. The van der Waals surface area contributed by atoms with Gasteiger partial charge in [0.15, 0.2) is 12.1 Å². The van der Waals surface area contributed by atoms with Crippen molar-refractivity contribution in [1.29, 1.82) is 0 Å². The number of hydrogen-bond donors (Lipinski definition) is 0. The predicted molar refractivity (Wildman–Crippen MR) is 215 cm³/mol. The van der Waals surface area contributed by atoms with Gasteiger partial charge < -0.3 is 56.8 Å². The van der Waals surface area contributed by atoms with Crippen LogP contribution in [0.15, 0.2) is 96.1 Å². The van der Waals surface area contributed by atoms with E-state index in [-0.39, 0.29) is 19.8 Å². The number of hydrogen-bond acceptors (Lipinski definition) is 13. The highest BCUT2D eigenvalue weighted by molar-refractivity contribution is 5.17. The van der Waals surface area contributed by atoms with E-state index in [9.17, 15) is 5.53 Å². The Kier molecular flexibility index (Phi) is 13.6. The molecule has 3 heterocycles. The number of nitrogens with zero attached hydrogens (tertiary/aromatic N) is 3. The molecule has 3 aromatic rings. The molecule has 2 saturated carbocycles. The van der Waals surface area contributed by atoms with Crippen LogP contribution in [-0.4, -0.2) is 113 Å². The molecule has 8 rings (SSSR count). The average molecular weight is 832 g/mol. The highest BCUT2D eigenvalue weighted by Crippen LogP contribution is 2.54. The van der Waals surface area contributed by atoms with E-state index >= 15 is 0 Å². The summed E-state index contributed by atoms with van der Waals surface area (Å²) in [5, 5.41) is 4.33. The van der Waals surface area contributed by atoms with E-state index in [1.165, 1.54) is 0 Å². The van der Waals surface area contributed by atoms with E-state index in [2.05, 4.69) is 10.0 Å². The second-order valence-corrected chi connectivity index (χ2v) is 16.4. The summed E-state index contributed by atoms with van der Waals surface area (Å²) >= 11 is 0. The Morgan fingerprint density at radius 3 is 1.63 bits per heavy atom. The summed E-state index contributed by atoms with van der Waals surface area (Å²) in [5.41, 5.74) is 13.1. The number of fused-ring (bicyclic) bond motifs is 3. The summed E-state index contributed by atoms with van der Waals surface area (Å²) in [4.78, 5) is 3.31. The van der Waals surface area contributed by atoms with E-state index in [1.807, 2.05) is 105 Å². The summed E-state index contributed by atoms with van der Waals surface area (Å²) < 4.78 is 79.8. The van der Waals surface area contributed by atoms with Crippen molar-refractivity contribution in [1.82, 2.24) is 0 Å². The smallest absolute Gasteiger partial charge is 0.223 e. The third kappa shape index (κ3) is 8.75. The number of azide groups is 1. The summed E-state index contributed by atoms with van der Waals surface area (Å²) in [5.74, 6) is -3.51. The van der Waals surface area contributed by atoms with Crippen LogP contribution in [0.25, 0.3) is 10.4 Å². The molecule has 13 atom stereocenters. The maximum absolute atomic E-state index is 10.2. The highest BCUT2D eigenvalue weighted by Gasteiger charge is 2.70. The standard InChI is InChI=1S/C45H57N3O12/c1-43(2)57-38-36(49-3)39-41(60-45(51-5)24-16-15-23-44(45,50-4)59-39)37(40(38)58-43)56-42-33(47-48-46)35(54-27-31-21-13-8-14-22-31)34(53-26-30-19-11-7-12-20-30)32(55-42)28-52-25-29-17-9-6-10-18-29/h6-14,17-22,32-42H,15-16,23-28H2,1-5H3/t32-,33-,34-,35-,36-,37+,38-,39+,40+,41+,42+,44-,45-/m1/s1. The average Bonchev–Trinajstić information content (AvgIpc) is 3.60. The van der Waals surface area contributed by atoms with Crippen LogP contribution in [0, 0.1) is 0 Å². The third-order valence-electron chi connectivity index (χ3n) is 12.3. The van der Waals surface area contributed by atoms with Gasteiger partial charge in [0, 0.05) is 39.1 Å². The summed E-state index contributed by atoms with van der Waals surface area (Å²) in [6.07, 6.45) is -5.36. The first kappa shape index (κ1) is 43.2. The normalized spacial score (nSPS) is 37.0. The van der Waals surface area contributed by atoms with Crippen molar-refractivity contribution in [2.75, 3.05) is 27.9 Å². The van der Waals surface area contributed by atoms with Gasteiger partial charge in [-0.2, -0.15) is 0 Å². The van der Waals surface area contributed by atoms with Gasteiger partial charge in [0.25, 0.3) is 0 Å². The number of benzene rings is 3. The van der Waals surface area contributed by atoms with Crippen LogP contribution < -0.4 is 0 Å². The Morgan fingerprint density at radius 1 is 0.633 bits per heavy atom. The van der Waals surface area contributed by atoms with Crippen LogP contribution in [-0.2, 0) is 76.7 Å². The quantitative estimate of drug-likeness (QED) is 0.0850. The van der Waals surface area contributed by atoms with Crippen LogP contribution in [0.4, 0.5) is 0 Å². The molecule has 0 aromatic heterocycles. The number of rotatable bonds is 16. The summed E-state index contributed by atoms with van der Waals surface area (Å²) in [6, 6.07) is 28.5. The van der Waals surface area contributed by atoms with Gasteiger partial charge in [0.1, 0.15) is 61.0 Å². The summed E-state index contributed by atoms with van der Waals surface area (Å²) in [6.45, 7) is 4.55. The lowest BCUT2D eigenvalue weighted by Crippen LogP contribution is -2.77. The molecule has 15 nitrogen and oxygen atoms in total. The molecule has 0 spiro atoms. The lowest BCUT2D eigenvalue weighted by atomic mass is 9.79. The summed E-state index contributed by atoms with van der Waals surface area (Å²) in [7, 11) is 4.82. The van der Waals surface area contributed by atoms with Crippen LogP contribution in [0.1, 0.15) is 56.2 Å². The van der Waals surface area contributed by atoms with Gasteiger partial charge in [-0.05, 0) is 48.9 Å². The molecule has 0 bridgehead atoms. The Morgan fingerprint density at radius 2 is 1.12 bits per heavy atom. The molecule has 15 heteroatoms. The van der Waals surface area contributed by atoms with E-state index in [0.717, 1.165) is 29.5 Å². The zero-order chi connectivity index (χ0) is 41.7. The van der Waals surface area contributed by atoms with Gasteiger partial charge in [-0.15, -0.1) is 0 Å². The first-order chi connectivity index (χ1) is 29.2. The van der Waals surface area contributed by atoms with Gasteiger partial charge in [0.2, 0.25) is 11.6 Å².